The second-order valence-electron chi connectivity index (χ2n) is 4.15. The number of Topliss-reactive ketones (excluding diaryl/α,β-unsaturated/α-hetero) is 1. The Balaban J connectivity index is 2.10. The molecule has 2 aromatic carbocycles. The van der Waals surface area contributed by atoms with Crippen molar-refractivity contribution < 1.29 is 9.53 Å². The highest BCUT2D eigenvalue weighted by Crippen LogP contribution is 2.19. The lowest BCUT2D eigenvalue weighted by molar-refractivity contribution is 0.101. The lowest BCUT2D eigenvalue weighted by atomic mass is 10.1. The third-order valence-corrected chi connectivity index (χ3v) is 2.74. The average Bonchev–Trinajstić information content (AvgIpc) is 2.46. The third kappa shape index (κ3) is 3.20. The zero-order valence-corrected chi connectivity index (χ0v) is 10.6. The van der Waals surface area contributed by atoms with Crippen molar-refractivity contribution in [1.29, 1.82) is 5.26 Å². The molecule has 0 aliphatic rings. The third-order valence-electron chi connectivity index (χ3n) is 2.74. The van der Waals surface area contributed by atoms with Gasteiger partial charge in [0.05, 0.1) is 17.2 Å². The molecule has 0 radical (unpaired) electrons. The van der Waals surface area contributed by atoms with Crippen LogP contribution in [0.15, 0.2) is 48.5 Å². The molecule has 0 spiro atoms. The van der Waals surface area contributed by atoms with E-state index in [-0.39, 0.29) is 5.78 Å². The molecule has 0 saturated heterocycles. The normalized spacial score (nSPS) is 9.68. The molecule has 94 valence electrons. The summed E-state index contributed by atoms with van der Waals surface area (Å²) >= 11 is 0. The summed E-state index contributed by atoms with van der Waals surface area (Å²) in [6.07, 6.45) is 0. The molecule has 0 N–H and O–H groups in total. The molecule has 0 saturated carbocycles. The monoisotopic (exact) mass is 251 g/mol. The minimum absolute atomic E-state index is 0.0181. The maximum absolute atomic E-state index is 11.4. The minimum atomic E-state index is -0.0181. The summed E-state index contributed by atoms with van der Waals surface area (Å²) in [5, 5.41) is 8.72. The van der Waals surface area contributed by atoms with Gasteiger partial charge < -0.3 is 4.74 Å². The van der Waals surface area contributed by atoms with Crippen LogP contribution >= 0.6 is 0 Å². The number of para-hydroxylation sites is 1. The second kappa shape index (κ2) is 5.83. The highest BCUT2D eigenvalue weighted by molar-refractivity contribution is 5.96. The molecule has 3 nitrogen and oxygen atoms in total. The van der Waals surface area contributed by atoms with E-state index in [1.807, 2.05) is 24.3 Å². The molecule has 0 aliphatic heterocycles. The van der Waals surface area contributed by atoms with Gasteiger partial charge in [0.15, 0.2) is 5.78 Å². The number of nitriles is 1. The molecule has 0 unspecified atom stereocenters. The van der Waals surface area contributed by atoms with Crippen molar-refractivity contribution in [3.63, 3.8) is 0 Å². The standard InChI is InChI=1S/C16H13NO2/c1-12(18)15-4-2-3-5-16(15)19-11-14-8-6-13(10-17)7-9-14/h2-9H,11H2,1H3. The van der Waals surface area contributed by atoms with Crippen LogP contribution in [-0.4, -0.2) is 5.78 Å². The number of carbonyl (C=O) groups is 1. The van der Waals surface area contributed by atoms with Gasteiger partial charge in [0.2, 0.25) is 0 Å². The smallest absolute Gasteiger partial charge is 0.163 e. The molecule has 2 aromatic rings. The van der Waals surface area contributed by atoms with E-state index in [0.717, 1.165) is 5.56 Å². The van der Waals surface area contributed by atoms with Crippen LogP contribution in [0.1, 0.15) is 28.4 Å². The molecule has 0 bridgehead atoms. The van der Waals surface area contributed by atoms with Crippen LogP contribution in [0.4, 0.5) is 0 Å². The fourth-order valence-electron chi connectivity index (χ4n) is 1.72. The number of rotatable bonds is 4. The van der Waals surface area contributed by atoms with Gasteiger partial charge in [0.25, 0.3) is 0 Å². The van der Waals surface area contributed by atoms with E-state index in [1.54, 1.807) is 24.3 Å². The van der Waals surface area contributed by atoms with Crippen molar-refractivity contribution in [2.24, 2.45) is 0 Å². The highest BCUT2D eigenvalue weighted by atomic mass is 16.5. The van der Waals surface area contributed by atoms with E-state index >= 15 is 0 Å². The number of hydrogen-bond donors (Lipinski definition) is 0. The fourth-order valence-corrected chi connectivity index (χ4v) is 1.72. The largest absolute Gasteiger partial charge is 0.488 e. The Hall–Kier alpha value is -2.60. The van der Waals surface area contributed by atoms with Gasteiger partial charge in [-0.3, -0.25) is 4.79 Å². The van der Waals surface area contributed by atoms with Gasteiger partial charge in [-0.15, -0.1) is 0 Å². The zero-order chi connectivity index (χ0) is 13.7. The minimum Gasteiger partial charge on any atom is -0.488 e. The van der Waals surface area contributed by atoms with Crippen molar-refractivity contribution in [3.05, 3.63) is 65.2 Å². The van der Waals surface area contributed by atoms with Gasteiger partial charge in [0.1, 0.15) is 12.4 Å². The van der Waals surface area contributed by atoms with Crippen molar-refractivity contribution in [2.45, 2.75) is 13.5 Å². The van der Waals surface area contributed by atoms with Crippen LogP contribution in [0.25, 0.3) is 0 Å². The Labute approximate surface area is 112 Å². The first-order valence-corrected chi connectivity index (χ1v) is 5.92. The summed E-state index contributed by atoms with van der Waals surface area (Å²) in [6.45, 7) is 1.89. The van der Waals surface area contributed by atoms with E-state index in [4.69, 9.17) is 10.00 Å². The summed E-state index contributed by atoms with van der Waals surface area (Å²) < 4.78 is 5.65. The van der Waals surface area contributed by atoms with Gasteiger partial charge in [0, 0.05) is 0 Å². The van der Waals surface area contributed by atoms with Crippen LogP contribution < -0.4 is 4.74 Å². The van der Waals surface area contributed by atoms with Crippen molar-refractivity contribution in [3.8, 4) is 11.8 Å². The van der Waals surface area contributed by atoms with E-state index in [9.17, 15) is 4.79 Å². The first-order chi connectivity index (χ1) is 9.20. The van der Waals surface area contributed by atoms with Gasteiger partial charge in [-0.2, -0.15) is 5.26 Å². The average molecular weight is 251 g/mol. The van der Waals surface area contributed by atoms with Gasteiger partial charge in [-0.05, 0) is 36.8 Å². The summed E-state index contributed by atoms with van der Waals surface area (Å²) in [5.74, 6) is 0.565. The molecule has 3 heteroatoms. The van der Waals surface area contributed by atoms with E-state index in [0.29, 0.717) is 23.5 Å². The van der Waals surface area contributed by atoms with Crippen LogP contribution in [-0.2, 0) is 6.61 Å². The quantitative estimate of drug-likeness (QED) is 0.783. The number of hydrogen-bond acceptors (Lipinski definition) is 3. The van der Waals surface area contributed by atoms with E-state index < -0.39 is 0 Å². The van der Waals surface area contributed by atoms with Crippen LogP contribution in [0.5, 0.6) is 5.75 Å². The SMILES string of the molecule is CC(=O)c1ccccc1OCc1ccc(C#N)cc1. The maximum Gasteiger partial charge on any atom is 0.163 e. The Bertz CT molecular complexity index is 624. The molecule has 2 rings (SSSR count). The van der Waals surface area contributed by atoms with Gasteiger partial charge in [-0.25, -0.2) is 0 Å². The molecule has 0 heterocycles. The topological polar surface area (TPSA) is 50.1 Å². The summed E-state index contributed by atoms with van der Waals surface area (Å²) in [7, 11) is 0. The molecule has 19 heavy (non-hydrogen) atoms. The number of carbonyl (C=O) groups excluding carboxylic acids is 1. The lowest BCUT2D eigenvalue weighted by Crippen LogP contribution is -2.01. The van der Waals surface area contributed by atoms with E-state index in [1.165, 1.54) is 6.92 Å². The van der Waals surface area contributed by atoms with E-state index in [2.05, 4.69) is 6.07 Å². The molecular weight excluding hydrogens is 238 g/mol. The Morgan fingerprint density at radius 2 is 1.84 bits per heavy atom. The first-order valence-electron chi connectivity index (χ1n) is 5.92. The predicted molar refractivity (Wildman–Crippen MR) is 71.9 cm³/mol. The molecule has 0 fully saturated rings. The van der Waals surface area contributed by atoms with Gasteiger partial charge in [-0.1, -0.05) is 24.3 Å². The Kier molecular flexibility index (Phi) is 3.94. The molecule has 0 atom stereocenters. The Morgan fingerprint density at radius 3 is 2.47 bits per heavy atom. The molecule has 0 aliphatic carbocycles. The van der Waals surface area contributed by atoms with Crippen LogP contribution in [0.2, 0.25) is 0 Å². The van der Waals surface area contributed by atoms with Crippen molar-refractivity contribution in [1.82, 2.24) is 0 Å². The lowest BCUT2D eigenvalue weighted by Gasteiger charge is -2.09. The van der Waals surface area contributed by atoms with Crippen LogP contribution in [0.3, 0.4) is 0 Å². The molecule has 0 amide bonds. The number of benzene rings is 2. The van der Waals surface area contributed by atoms with Gasteiger partial charge >= 0.3 is 0 Å². The summed E-state index contributed by atoms with van der Waals surface area (Å²) in [5.41, 5.74) is 2.15. The molecular formula is C16H13NO2. The van der Waals surface area contributed by atoms with Crippen molar-refractivity contribution in [2.75, 3.05) is 0 Å². The van der Waals surface area contributed by atoms with Crippen LogP contribution in [0, 0.1) is 11.3 Å². The summed E-state index contributed by atoms with van der Waals surface area (Å²) in [4.78, 5) is 11.4. The predicted octanol–water partition coefficient (Wildman–Crippen LogP) is 3.34. The highest BCUT2D eigenvalue weighted by Gasteiger charge is 2.07. The Morgan fingerprint density at radius 1 is 1.16 bits per heavy atom. The zero-order valence-electron chi connectivity index (χ0n) is 10.6. The molecule has 0 aromatic heterocycles. The number of ketones is 1. The maximum atomic E-state index is 11.4. The number of nitrogens with zero attached hydrogens (tertiary/aromatic N) is 1. The fraction of sp³-hybridized carbons (Fsp3) is 0.125. The van der Waals surface area contributed by atoms with Crippen molar-refractivity contribution >= 4 is 5.78 Å². The first kappa shape index (κ1) is 12.8. The second-order valence-corrected chi connectivity index (χ2v) is 4.15. The summed E-state index contributed by atoms with van der Waals surface area (Å²) in [6, 6.07) is 16.4. The number of ether oxygens (including phenoxy) is 1.